The van der Waals surface area contributed by atoms with E-state index in [-0.39, 0.29) is 5.91 Å². The van der Waals surface area contributed by atoms with E-state index in [0.717, 1.165) is 39.8 Å². The van der Waals surface area contributed by atoms with E-state index in [1.54, 1.807) is 7.11 Å². The quantitative estimate of drug-likeness (QED) is 0.377. The smallest absolute Gasteiger partial charge is 0.226 e. The third kappa shape index (κ3) is 5.41. The fourth-order valence-corrected chi connectivity index (χ4v) is 4.28. The molecule has 0 fully saturated rings. The summed E-state index contributed by atoms with van der Waals surface area (Å²) in [6.45, 7) is 1.97. The summed E-state index contributed by atoms with van der Waals surface area (Å²) in [5.41, 5.74) is 3.15. The monoisotopic (exact) mass is 432 g/mol. The van der Waals surface area contributed by atoms with Gasteiger partial charge >= 0.3 is 0 Å². The van der Waals surface area contributed by atoms with Crippen molar-refractivity contribution in [1.82, 2.24) is 4.98 Å². The molecular formula is C25H24N2O3S. The maximum absolute atomic E-state index is 12.4. The van der Waals surface area contributed by atoms with Crippen molar-refractivity contribution in [2.24, 2.45) is 0 Å². The summed E-state index contributed by atoms with van der Waals surface area (Å²) in [7, 11) is 1.66. The van der Waals surface area contributed by atoms with Gasteiger partial charge in [-0.2, -0.15) is 0 Å². The first-order valence-electron chi connectivity index (χ1n) is 10.1. The van der Waals surface area contributed by atoms with E-state index in [1.165, 1.54) is 16.9 Å². The molecule has 2 heterocycles. The number of anilines is 1. The third-order valence-electron chi connectivity index (χ3n) is 4.98. The number of carbonyl (C=O) groups excluding carboxylic acids is 1. The molecule has 0 saturated carbocycles. The zero-order valence-electron chi connectivity index (χ0n) is 17.6. The van der Waals surface area contributed by atoms with Crippen molar-refractivity contribution in [3.8, 4) is 17.1 Å². The van der Waals surface area contributed by atoms with Crippen LogP contribution in [0.15, 0.2) is 71.1 Å². The first kappa shape index (κ1) is 20.9. The fraction of sp³-hybridized carbons (Fsp3) is 0.200. The van der Waals surface area contributed by atoms with E-state index < -0.39 is 0 Å². The van der Waals surface area contributed by atoms with Crippen molar-refractivity contribution < 1.29 is 13.9 Å². The molecule has 0 aliphatic rings. The second kappa shape index (κ2) is 9.62. The van der Waals surface area contributed by atoms with Gasteiger partial charge in [-0.15, -0.1) is 11.3 Å². The molecule has 158 valence electrons. The summed E-state index contributed by atoms with van der Waals surface area (Å²) in [5.74, 6) is 2.38. The Morgan fingerprint density at radius 1 is 1.06 bits per heavy atom. The number of nitrogens with zero attached hydrogens (tertiary/aromatic N) is 1. The number of ether oxygens (including phenoxy) is 1. The van der Waals surface area contributed by atoms with E-state index in [4.69, 9.17) is 9.15 Å². The van der Waals surface area contributed by atoms with E-state index in [9.17, 15) is 4.79 Å². The summed E-state index contributed by atoms with van der Waals surface area (Å²) in [4.78, 5) is 18.1. The summed E-state index contributed by atoms with van der Waals surface area (Å²) < 4.78 is 11.1. The molecule has 1 amide bonds. The minimum absolute atomic E-state index is 0.0672. The lowest BCUT2D eigenvalue weighted by Crippen LogP contribution is -2.11. The number of methoxy groups -OCH3 is 1. The van der Waals surface area contributed by atoms with Gasteiger partial charge in [0.25, 0.3) is 0 Å². The van der Waals surface area contributed by atoms with Gasteiger partial charge in [0, 0.05) is 29.7 Å². The van der Waals surface area contributed by atoms with Crippen LogP contribution in [-0.2, 0) is 17.6 Å². The number of thiazole rings is 1. The number of aryl methyl sites for hydroxylation is 2. The number of amides is 1. The highest BCUT2D eigenvalue weighted by Gasteiger charge is 2.12. The zero-order chi connectivity index (χ0) is 21.6. The lowest BCUT2D eigenvalue weighted by Gasteiger charge is -2.02. The minimum Gasteiger partial charge on any atom is -0.497 e. The van der Waals surface area contributed by atoms with Crippen LogP contribution in [0.4, 0.5) is 5.13 Å². The van der Waals surface area contributed by atoms with Gasteiger partial charge in [0.2, 0.25) is 5.91 Å². The molecule has 1 N–H and O–H groups in total. The van der Waals surface area contributed by atoms with Crippen LogP contribution < -0.4 is 10.1 Å². The number of hydrogen-bond donors (Lipinski definition) is 1. The van der Waals surface area contributed by atoms with Crippen LogP contribution in [0.2, 0.25) is 0 Å². The molecule has 0 unspecified atom stereocenters. The summed E-state index contributed by atoms with van der Waals surface area (Å²) in [5, 5.41) is 3.56. The molecule has 0 spiro atoms. The van der Waals surface area contributed by atoms with Crippen molar-refractivity contribution in [3.05, 3.63) is 88.6 Å². The van der Waals surface area contributed by atoms with Crippen LogP contribution in [0.25, 0.3) is 11.3 Å². The van der Waals surface area contributed by atoms with Crippen molar-refractivity contribution >= 4 is 22.4 Å². The van der Waals surface area contributed by atoms with Gasteiger partial charge in [-0.25, -0.2) is 4.98 Å². The van der Waals surface area contributed by atoms with Crippen LogP contribution in [0.3, 0.4) is 0 Å². The predicted molar refractivity (Wildman–Crippen MR) is 124 cm³/mol. The van der Waals surface area contributed by atoms with Crippen LogP contribution in [0.1, 0.15) is 28.3 Å². The van der Waals surface area contributed by atoms with Crippen LogP contribution >= 0.6 is 11.3 Å². The van der Waals surface area contributed by atoms with E-state index in [0.29, 0.717) is 18.0 Å². The molecule has 31 heavy (non-hydrogen) atoms. The second-order valence-corrected chi connectivity index (χ2v) is 8.32. The summed E-state index contributed by atoms with van der Waals surface area (Å²) in [6.07, 6.45) is 1.66. The maximum atomic E-state index is 12.4. The van der Waals surface area contributed by atoms with Crippen LogP contribution in [-0.4, -0.2) is 18.0 Å². The molecule has 0 saturated heterocycles. The lowest BCUT2D eigenvalue weighted by molar-refractivity contribution is -0.116. The Kier molecular flexibility index (Phi) is 6.48. The normalized spacial score (nSPS) is 10.8. The Morgan fingerprint density at radius 2 is 1.84 bits per heavy atom. The van der Waals surface area contributed by atoms with Crippen molar-refractivity contribution in [3.63, 3.8) is 0 Å². The number of furan rings is 1. The van der Waals surface area contributed by atoms with Crippen molar-refractivity contribution in [2.75, 3.05) is 12.4 Å². The number of rotatable bonds is 8. The molecule has 0 atom stereocenters. The largest absolute Gasteiger partial charge is 0.497 e. The van der Waals surface area contributed by atoms with Gasteiger partial charge in [-0.05, 0) is 36.8 Å². The van der Waals surface area contributed by atoms with Gasteiger partial charge in [0.1, 0.15) is 17.3 Å². The average Bonchev–Trinajstić information content (AvgIpc) is 3.40. The molecular weight excluding hydrogens is 408 g/mol. The molecule has 0 aliphatic heterocycles. The number of hydrogen-bond acceptors (Lipinski definition) is 5. The van der Waals surface area contributed by atoms with E-state index in [1.807, 2.05) is 73.7 Å². The number of aromatic nitrogens is 1. The van der Waals surface area contributed by atoms with Crippen molar-refractivity contribution in [1.29, 1.82) is 0 Å². The SMILES string of the molecule is COc1ccc(Cc2sc(NC(=O)CCc3ccc(-c4ccccc4)o3)nc2C)cc1. The Hall–Kier alpha value is -3.38. The first-order chi connectivity index (χ1) is 15.1. The lowest BCUT2D eigenvalue weighted by atomic mass is 10.1. The molecule has 2 aromatic heterocycles. The maximum Gasteiger partial charge on any atom is 0.226 e. The Morgan fingerprint density at radius 3 is 2.58 bits per heavy atom. The Labute approximate surface area is 185 Å². The highest BCUT2D eigenvalue weighted by atomic mass is 32.1. The molecule has 0 aliphatic carbocycles. The topological polar surface area (TPSA) is 64.4 Å². The molecule has 0 radical (unpaired) electrons. The van der Waals surface area contributed by atoms with E-state index >= 15 is 0 Å². The third-order valence-corrected chi connectivity index (χ3v) is 6.05. The van der Waals surface area contributed by atoms with Crippen molar-refractivity contribution in [2.45, 2.75) is 26.2 Å². The predicted octanol–water partition coefficient (Wildman–Crippen LogP) is 5.88. The van der Waals surface area contributed by atoms with E-state index in [2.05, 4.69) is 10.3 Å². The van der Waals surface area contributed by atoms with Gasteiger partial charge in [0.05, 0.1) is 12.8 Å². The van der Waals surface area contributed by atoms with Crippen LogP contribution in [0, 0.1) is 6.92 Å². The summed E-state index contributed by atoms with van der Waals surface area (Å²) >= 11 is 1.52. The minimum atomic E-state index is -0.0672. The molecule has 0 bridgehead atoms. The molecule has 2 aromatic carbocycles. The highest BCUT2D eigenvalue weighted by Crippen LogP contribution is 2.26. The zero-order valence-corrected chi connectivity index (χ0v) is 18.4. The Bertz CT molecular complexity index is 1150. The number of benzene rings is 2. The number of nitrogens with one attached hydrogen (secondary N) is 1. The van der Waals surface area contributed by atoms with Crippen LogP contribution in [0.5, 0.6) is 5.75 Å². The molecule has 5 nitrogen and oxygen atoms in total. The van der Waals surface area contributed by atoms with Gasteiger partial charge in [-0.3, -0.25) is 4.79 Å². The number of carbonyl (C=O) groups is 1. The van der Waals surface area contributed by atoms with Gasteiger partial charge < -0.3 is 14.5 Å². The second-order valence-electron chi connectivity index (χ2n) is 7.23. The van der Waals surface area contributed by atoms with Gasteiger partial charge in [0.15, 0.2) is 5.13 Å². The fourth-order valence-electron chi connectivity index (χ4n) is 3.26. The molecule has 6 heteroatoms. The standard InChI is InChI=1S/C25H24N2O3S/c1-17-23(16-18-8-10-20(29-2)11-9-18)31-25(26-17)27-24(28)15-13-21-12-14-22(30-21)19-6-4-3-5-7-19/h3-12,14H,13,15-16H2,1-2H3,(H,26,27,28). The Balaban J connectivity index is 1.32. The first-order valence-corrected chi connectivity index (χ1v) is 11.0. The average molecular weight is 433 g/mol. The summed E-state index contributed by atoms with van der Waals surface area (Å²) in [6, 6.07) is 21.8. The molecule has 4 aromatic rings. The molecule has 4 rings (SSSR count). The van der Waals surface area contributed by atoms with Gasteiger partial charge in [-0.1, -0.05) is 42.5 Å². The highest BCUT2D eigenvalue weighted by molar-refractivity contribution is 7.15.